The van der Waals surface area contributed by atoms with E-state index in [-0.39, 0.29) is 17.9 Å². The van der Waals surface area contributed by atoms with Crippen molar-refractivity contribution in [3.05, 3.63) is 72.2 Å². The van der Waals surface area contributed by atoms with Crippen molar-refractivity contribution in [1.29, 1.82) is 0 Å². The highest BCUT2D eigenvalue weighted by molar-refractivity contribution is 9.10. The van der Waals surface area contributed by atoms with Crippen molar-refractivity contribution in [2.24, 2.45) is 5.92 Å². The third kappa shape index (κ3) is 5.05. The number of halogens is 2. The summed E-state index contributed by atoms with van der Waals surface area (Å²) in [6, 6.07) is 11.1. The zero-order valence-electron chi connectivity index (χ0n) is 20.5. The molecular weight excluding hydrogens is 534 g/mol. The summed E-state index contributed by atoms with van der Waals surface area (Å²) in [4.78, 5) is 40.8. The highest BCUT2D eigenvalue weighted by Crippen LogP contribution is 2.31. The molecular formula is C26H29BrClN3O4. The Balaban J connectivity index is 1.78. The maximum Gasteiger partial charge on any atom is 0.410 e. The smallest absolute Gasteiger partial charge is 0.410 e. The van der Waals surface area contributed by atoms with Gasteiger partial charge in [0.05, 0.1) is 21.7 Å². The zero-order valence-corrected chi connectivity index (χ0v) is 22.8. The number of para-hydroxylation sites is 1. The molecule has 0 spiro atoms. The van der Waals surface area contributed by atoms with Gasteiger partial charge in [-0.2, -0.15) is 0 Å². The molecule has 0 atom stereocenters. The molecule has 0 N–H and O–H groups in total. The number of hydrogen-bond acceptors (Lipinski definition) is 4. The van der Waals surface area contributed by atoms with E-state index in [9.17, 15) is 14.4 Å². The van der Waals surface area contributed by atoms with Gasteiger partial charge < -0.3 is 14.2 Å². The first kappa shape index (κ1) is 25.5. The van der Waals surface area contributed by atoms with Gasteiger partial charge in [0.1, 0.15) is 5.60 Å². The molecule has 3 aromatic rings. The van der Waals surface area contributed by atoms with Gasteiger partial charge in [-0.1, -0.05) is 43.6 Å². The number of carbonyl (C=O) groups is 1. The van der Waals surface area contributed by atoms with E-state index in [1.807, 2.05) is 58.9 Å². The number of nitrogens with zero attached hydrogens (tertiary/aromatic N) is 3. The van der Waals surface area contributed by atoms with Gasteiger partial charge in [-0.15, -0.1) is 0 Å². The Hall–Kier alpha value is -2.58. The molecule has 0 saturated carbocycles. The molecule has 0 aliphatic carbocycles. The third-order valence-electron chi connectivity index (χ3n) is 6.03. The van der Waals surface area contributed by atoms with Gasteiger partial charge in [0.15, 0.2) is 0 Å². The topological polar surface area (TPSA) is 73.5 Å². The Kier molecular flexibility index (Phi) is 6.90. The van der Waals surface area contributed by atoms with Gasteiger partial charge in [-0.25, -0.2) is 4.79 Å². The summed E-state index contributed by atoms with van der Waals surface area (Å²) < 4.78 is 9.02. The number of fused-ring (bicyclic) bond motifs is 1. The zero-order chi connectivity index (χ0) is 25.7. The predicted molar refractivity (Wildman–Crippen MR) is 142 cm³/mol. The molecule has 1 amide bonds. The van der Waals surface area contributed by atoms with Crippen molar-refractivity contribution in [2.45, 2.75) is 52.7 Å². The van der Waals surface area contributed by atoms with Crippen molar-refractivity contribution in [1.82, 2.24) is 14.0 Å². The lowest BCUT2D eigenvalue weighted by atomic mass is 10.00. The third-order valence-corrected chi connectivity index (χ3v) is 7.23. The molecule has 0 bridgehead atoms. The normalized spacial score (nSPS) is 14.5. The quantitative estimate of drug-likeness (QED) is 0.390. The van der Waals surface area contributed by atoms with Crippen LogP contribution in [0.5, 0.6) is 0 Å². The maximum atomic E-state index is 13.5. The molecule has 1 fully saturated rings. The Morgan fingerprint density at radius 3 is 2.40 bits per heavy atom. The molecule has 2 aromatic carbocycles. The average Bonchev–Trinajstić information content (AvgIpc) is 2.73. The molecule has 35 heavy (non-hydrogen) atoms. The summed E-state index contributed by atoms with van der Waals surface area (Å²) in [6.07, 6.45) is -0.376. The van der Waals surface area contributed by atoms with Gasteiger partial charge in [-0.05, 0) is 66.4 Å². The van der Waals surface area contributed by atoms with Gasteiger partial charge >= 0.3 is 17.2 Å². The lowest BCUT2D eigenvalue weighted by molar-refractivity contribution is -0.00330. The van der Waals surface area contributed by atoms with E-state index >= 15 is 0 Å². The molecule has 4 rings (SSSR count). The van der Waals surface area contributed by atoms with Crippen LogP contribution in [0.25, 0.3) is 16.7 Å². The molecule has 1 aliphatic rings. The standard InChI is InChI=1S/C26H29BrClN3O4/c1-15(2)17-8-6-7-9-20(17)31-22-10-18(27)19(28)11-21(22)30(23(32)24(31)33)14-16-12-29(13-16)25(34)35-26(3,4)5/h6-11,15-16H,12-14H2,1-5H3. The predicted octanol–water partition coefficient (Wildman–Crippen LogP) is 5.56. The first-order valence-corrected chi connectivity index (χ1v) is 12.8. The number of likely N-dealkylation sites (tertiary alicyclic amines) is 1. The van der Waals surface area contributed by atoms with E-state index in [1.165, 1.54) is 9.13 Å². The van der Waals surface area contributed by atoms with Crippen LogP contribution >= 0.6 is 27.5 Å². The fourth-order valence-corrected chi connectivity index (χ4v) is 4.86. The summed E-state index contributed by atoms with van der Waals surface area (Å²) in [5.74, 6) is 0.171. The van der Waals surface area contributed by atoms with Gasteiger partial charge in [0, 0.05) is 30.0 Å². The lowest BCUT2D eigenvalue weighted by Gasteiger charge is -2.40. The second-order valence-electron chi connectivity index (χ2n) is 10.3. The summed E-state index contributed by atoms with van der Waals surface area (Å²) in [7, 11) is 0. The SMILES string of the molecule is CC(C)c1ccccc1-n1c(=O)c(=O)n(CC2CN(C(=O)OC(C)(C)C)C2)c2cc(Cl)c(Br)cc21. The van der Waals surface area contributed by atoms with Crippen LogP contribution in [0.15, 0.2) is 50.5 Å². The van der Waals surface area contributed by atoms with E-state index in [4.69, 9.17) is 16.3 Å². The first-order chi connectivity index (χ1) is 16.4. The average molecular weight is 563 g/mol. The molecule has 7 nitrogen and oxygen atoms in total. The number of hydrogen-bond donors (Lipinski definition) is 0. The Bertz CT molecular complexity index is 1420. The monoisotopic (exact) mass is 561 g/mol. The molecule has 1 aliphatic heterocycles. The summed E-state index contributed by atoms with van der Waals surface area (Å²) >= 11 is 9.89. The van der Waals surface area contributed by atoms with E-state index in [0.717, 1.165) is 5.56 Å². The van der Waals surface area contributed by atoms with E-state index in [1.54, 1.807) is 17.0 Å². The molecule has 0 radical (unpaired) electrons. The fraction of sp³-hybridized carbons (Fsp3) is 0.423. The minimum atomic E-state index is -0.622. The first-order valence-electron chi connectivity index (χ1n) is 11.6. The van der Waals surface area contributed by atoms with E-state index in [2.05, 4.69) is 15.9 Å². The number of benzene rings is 2. The van der Waals surface area contributed by atoms with Crippen molar-refractivity contribution in [3.63, 3.8) is 0 Å². The number of carbonyl (C=O) groups excluding carboxylic acids is 1. The van der Waals surface area contributed by atoms with Crippen LogP contribution in [-0.4, -0.2) is 38.8 Å². The second-order valence-corrected chi connectivity index (χ2v) is 11.5. The van der Waals surface area contributed by atoms with Gasteiger partial charge in [0.25, 0.3) is 0 Å². The van der Waals surface area contributed by atoms with Crippen LogP contribution in [0.1, 0.15) is 46.1 Å². The van der Waals surface area contributed by atoms with Crippen LogP contribution in [0.3, 0.4) is 0 Å². The summed E-state index contributed by atoms with van der Waals surface area (Å²) in [5, 5.41) is 0.442. The molecule has 186 valence electrons. The number of rotatable bonds is 4. The number of aromatic nitrogens is 2. The van der Waals surface area contributed by atoms with E-state index < -0.39 is 16.7 Å². The Morgan fingerprint density at radius 1 is 1.11 bits per heavy atom. The minimum Gasteiger partial charge on any atom is -0.444 e. The van der Waals surface area contributed by atoms with Crippen molar-refractivity contribution in [3.8, 4) is 5.69 Å². The number of amides is 1. The van der Waals surface area contributed by atoms with Crippen LogP contribution < -0.4 is 11.1 Å². The molecule has 1 saturated heterocycles. The van der Waals surface area contributed by atoms with Gasteiger partial charge in [-0.3, -0.25) is 14.2 Å². The number of ether oxygens (including phenoxy) is 1. The van der Waals surface area contributed by atoms with Crippen LogP contribution in [0, 0.1) is 5.92 Å². The van der Waals surface area contributed by atoms with Crippen molar-refractivity contribution in [2.75, 3.05) is 13.1 Å². The maximum absolute atomic E-state index is 13.5. The van der Waals surface area contributed by atoms with Crippen LogP contribution in [0.2, 0.25) is 5.02 Å². The highest BCUT2D eigenvalue weighted by atomic mass is 79.9. The Labute approximate surface area is 217 Å². The summed E-state index contributed by atoms with van der Waals surface area (Å²) in [6.45, 7) is 10.8. The van der Waals surface area contributed by atoms with E-state index in [0.29, 0.717) is 45.9 Å². The largest absolute Gasteiger partial charge is 0.444 e. The van der Waals surface area contributed by atoms with Crippen LogP contribution in [-0.2, 0) is 11.3 Å². The molecule has 9 heteroatoms. The fourth-order valence-electron chi connectivity index (χ4n) is 4.37. The summed E-state index contributed by atoms with van der Waals surface area (Å²) in [5.41, 5.74) is 0.977. The second kappa shape index (κ2) is 9.47. The van der Waals surface area contributed by atoms with Crippen LogP contribution in [0.4, 0.5) is 4.79 Å². The highest BCUT2D eigenvalue weighted by Gasteiger charge is 2.34. The Morgan fingerprint density at radius 2 is 1.77 bits per heavy atom. The molecule has 0 unspecified atom stereocenters. The van der Waals surface area contributed by atoms with Crippen molar-refractivity contribution >= 4 is 44.7 Å². The molecule has 2 heterocycles. The lowest BCUT2D eigenvalue weighted by Crippen LogP contribution is -2.54. The molecule has 1 aromatic heterocycles. The van der Waals surface area contributed by atoms with Gasteiger partial charge in [0.2, 0.25) is 0 Å². The minimum absolute atomic E-state index is 0.0176. The van der Waals surface area contributed by atoms with Crippen molar-refractivity contribution < 1.29 is 9.53 Å².